The molecule has 0 aliphatic heterocycles. The number of nitrogens with zero attached hydrogens (tertiary/aromatic N) is 3. The van der Waals surface area contributed by atoms with Crippen LogP contribution < -0.4 is 10.6 Å². The van der Waals surface area contributed by atoms with E-state index in [4.69, 9.17) is 0 Å². The summed E-state index contributed by atoms with van der Waals surface area (Å²) in [6.07, 6.45) is 6.32. The molecular weight excluding hydrogens is 410 g/mol. The Morgan fingerprint density at radius 1 is 1.00 bits per heavy atom. The average Bonchev–Trinajstić information content (AvgIpc) is 3.25. The molecule has 2 N–H and O–H groups in total. The van der Waals surface area contributed by atoms with E-state index in [0.717, 1.165) is 23.1 Å². The summed E-state index contributed by atoms with van der Waals surface area (Å²) in [5, 5.41) is 10.6. The second-order valence-electron chi connectivity index (χ2n) is 8.30. The molecule has 0 bridgehead atoms. The minimum absolute atomic E-state index is 0.136. The first-order valence-electron chi connectivity index (χ1n) is 11.1. The van der Waals surface area contributed by atoms with Gasteiger partial charge in [-0.15, -0.1) is 0 Å². The molecule has 0 unspecified atom stereocenters. The van der Waals surface area contributed by atoms with Crippen LogP contribution in [0.1, 0.15) is 28.3 Å². The average molecular weight is 440 g/mol. The fourth-order valence-corrected chi connectivity index (χ4v) is 3.89. The van der Waals surface area contributed by atoms with Gasteiger partial charge in [-0.05, 0) is 49.1 Å². The molecule has 33 heavy (non-hydrogen) atoms. The van der Waals surface area contributed by atoms with Crippen molar-refractivity contribution >= 4 is 11.7 Å². The molecule has 0 spiro atoms. The molecule has 0 aliphatic rings. The van der Waals surface area contributed by atoms with Crippen molar-refractivity contribution in [3.63, 3.8) is 0 Å². The maximum Gasteiger partial charge on any atom is 0.247 e. The predicted octanol–water partition coefficient (Wildman–Crippen LogP) is 4.61. The highest BCUT2D eigenvalue weighted by molar-refractivity contribution is 5.94. The van der Waals surface area contributed by atoms with Gasteiger partial charge in [0.1, 0.15) is 11.9 Å². The van der Waals surface area contributed by atoms with Crippen LogP contribution in [-0.2, 0) is 18.3 Å². The smallest absolute Gasteiger partial charge is 0.247 e. The Hall–Kier alpha value is -3.77. The summed E-state index contributed by atoms with van der Waals surface area (Å²) in [5.41, 5.74) is 6.67. The van der Waals surface area contributed by atoms with Crippen molar-refractivity contribution in [1.82, 2.24) is 20.1 Å². The fraction of sp³-hybridized carbons (Fsp3) is 0.222. The summed E-state index contributed by atoms with van der Waals surface area (Å²) in [6.45, 7) is 4.91. The highest BCUT2D eigenvalue weighted by Crippen LogP contribution is 2.20. The molecule has 1 atom stereocenters. The van der Waals surface area contributed by atoms with Gasteiger partial charge in [-0.3, -0.25) is 9.48 Å². The quantitative estimate of drug-likeness (QED) is 0.421. The minimum atomic E-state index is -0.475. The van der Waals surface area contributed by atoms with Crippen molar-refractivity contribution in [2.75, 3.05) is 11.9 Å². The first kappa shape index (κ1) is 22.4. The number of hydrogen-bond donors (Lipinski definition) is 2. The molecule has 2 aromatic heterocycles. The lowest BCUT2D eigenvalue weighted by atomic mass is 10.0. The standard InChI is InChI=1S/C27H29N5O/c1-19-9-10-21(20(2)15-19)13-14-28-26(22-7-5-4-6-8-22)27(33)31-25-12-11-23(16-29-25)24-17-30-32(3)18-24/h4-12,15-18,26,28H,13-14H2,1-3H3,(H,29,31,33)/t26-/m0/s1. The Morgan fingerprint density at radius 3 is 2.48 bits per heavy atom. The molecule has 4 aromatic rings. The molecule has 168 valence electrons. The number of nitrogens with one attached hydrogen (secondary N) is 2. The zero-order chi connectivity index (χ0) is 23.2. The molecule has 1 amide bonds. The second-order valence-corrected chi connectivity index (χ2v) is 8.30. The summed E-state index contributed by atoms with van der Waals surface area (Å²) >= 11 is 0. The van der Waals surface area contributed by atoms with Gasteiger partial charge in [-0.2, -0.15) is 5.10 Å². The van der Waals surface area contributed by atoms with Crippen molar-refractivity contribution in [3.8, 4) is 11.1 Å². The van der Waals surface area contributed by atoms with Gasteiger partial charge in [0.2, 0.25) is 5.91 Å². The third kappa shape index (κ3) is 5.73. The van der Waals surface area contributed by atoms with Crippen LogP contribution in [0.2, 0.25) is 0 Å². The highest BCUT2D eigenvalue weighted by atomic mass is 16.2. The second kappa shape index (κ2) is 10.2. The van der Waals surface area contributed by atoms with Crippen molar-refractivity contribution in [3.05, 3.63) is 102 Å². The number of aryl methyl sites for hydroxylation is 3. The first-order chi connectivity index (χ1) is 16.0. The number of anilines is 1. The molecule has 0 radical (unpaired) electrons. The Morgan fingerprint density at radius 2 is 1.82 bits per heavy atom. The molecule has 0 saturated heterocycles. The highest BCUT2D eigenvalue weighted by Gasteiger charge is 2.20. The van der Waals surface area contributed by atoms with Gasteiger partial charge in [0, 0.05) is 37.1 Å². The van der Waals surface area contributed by atoms with Crippen LogP contribution in [0.25, 0.3) is 11.1 Å². The van der Waals surface area contributed by atoms with Crippen LogP contribution in [0.15, 0.2) is 79.3 Å². The van der Waals surface area contributed by atoms with Crippen LogP contribution in [0, 0.1) is 13.8 Å². The number of rotatable bonds is 8. The van der Waals surface area contributed by atoms with E-state index >= 15 is 0 Å². The summed E-state index contributed by atoms with van der Waals surface area (Å²) in [4.78, 5) is 17.6. The topological polar surface area (TPSA) is 71.8 Å². The lowest BCUT2D eigenvalue weighted by molar-refractivity contribution is -0.118. The number of carbonyl (C=O) groups is 1. The van der Waals surface area contributed by atoms with E-state index in [9.17, 15) is 4.79 Å². The molecule has 6 nitrogen and oxygen atoms in total. The lowest BCUT2D eigenvalue weighted by Crippen LogP contribution is -2.34. The van der Waals surface area contributed by atoms with Gasteiger partial charge < -0.3 is 10.6 Å². The Balaban J connectivity index is 1.44. The van der Waals surface area contributed by atoms with E-state index in [-0.39, 0.29) is 5.91 Å². The number of amides is 1. The Kier molecular flexibility index (Phi) is 6.95. The lowest BCUT2D eigenvalue weighted by Gasteiger charge is -2.19. The van der Waals surface area contributed by atoms with Crippen LogP contribution in [-0.4, -0.2) is 27.2 Å². The molecule has 6 heteroatoms. The van der Waals surface area contributed by atoms with E-state index in [0.29, 0.717) is 12.4 Å². The number of benzene rings is 2. The molecule has 0 aliphatic carbocycles. The molecule has 2 heterocycles. The zero-order valence-corrected chi connectivity index (χ0v) is 19.2. The van der Waals surface area contributed by atoms with Gasteiger partial charge in [0.05, 0.1) is 6.20 Å². The van der Waals surface area contributed by atoms with Crippen molar-refractivity contribution < 1.29 is 4.79 Å². The largest absolute Gasteiger partial charge is 0.309 e. The zero-order valence-electron chi connectivity index (χ0n) is 19.2. The summed E-state index contributed by atoms with van der Waals surface area (Å²) < 4.78 is 1.75. The van der Waals surface area contributed by atoms with Crippen molar-refractivity contribution in [2.45, 2.75) is 26.3 Å². The summed E-state index contributed by atoms with van der Waals surface area (Å²) in [6, 6.07) is 19.5. The molecule has 4 rings (SSSR count). The molecule has 0 fully saturated rings. The molecule has 0 saturated carbocycles. The SMILES string of the molecule is Cc1ccc(CCN[C@H](C(=O)Nc2ccc(-c3cnn(C)c3)cn2)c2ccccc2)c(C)c1. The van der Waals surface area contributed by atoms with Crippen LogP contribution in [0.3, 0.4) is 0 Å². The number of pyridine rings is 1. The van der Waals surface area contributed by atoms with Gasteiger partial charge in [-0.25, -0.2) is 4.98 Å². The van der Waals surface area contributed by atoms with E-state index in [1.54, 1.807) is 17.1 Å². The first-order valence-corrected chi connectivity index (χ1v) is 11.1. The third-order valence-corrected chi connectivity index (χ3v) is 5.69. The summed E-state index contributed by atoms with van der Waals surface area (Å²) in [5.74, 6) is 0.383. The summed E-state index contributed by atoms with van der Waals surface area (Å²) in [7, 11) is 1.88. The van der Waals surface area contributed by atoms with Crippen LogP contribution >= 0.6 is 0 Å². The maximum absolute atomic E-state index is 13.2. The van der Waals surface area contributed by atoms with E-state index in [1.807, 2.05) is 55.7 Å². The predicted molar refractivity (Wildman–Crippen MR) is 132 cm³/mol. The monoisotopic (exact) mass is 439 g/mol. The van der Waals surface area contributed by atoms with E-state index < -0.39 is 6.04 Å². The molecule has 2 aromatic carbocycles. The van der Waals surface area contributed by atoms with Gasteiger partial charge in [-0.1, -0.05) is 54.1 Å². The maximum atomic E-state index is 13.2. The van der Waals surface area contributed by atoms with Gasteiger partial charge >= 0.3 is 0 Å². The van der Waals surface area contributed by atoms with Gasteiger partial charge in [0.25, 0.3) is 0 Å². The van der Waals surface area contributed by atoms with Crippen molar-refractivity contribution in [2.24, 2.45) is 7.05 Å². The minimum Gasteiger partial charge on any atom is -0.309 e. The molecular formula is C27H29N5O. The van der Waals surface area contributed by atoms with Crippen LogP contribution in [0.5, 0.6) is 0 Å². The van der Waals surface area contributed by atoms with Crippen molar-refractivity contribution in [1.29, 1.82) is 0 Å². The fourth-order valence-electron chi connectivity index (χ4n) is 3.89. The normalized spacial score (nSPS) is 11.8. The van der Waals surface area contributed by atoms with Gasteiger partial charge in [0.15, 0.2) is 0 Å². The Bertz CT molecular complexity index is 1220. The number of aromatic nitrogens is 3. The van der Waals surface area contributed by atoms with Crippen LogP contribution in [0.4, 0.5) is 5.82 Å². The number of carbonyl (C=O) groups excluding carboxylic acids is 1. The van der Waals surface area contributed by atoms with E-state index in [2.05, 4.69) is 52.8 Å². The third-order valence-electron chi connectivity index (χ3n) is 5.69. The van der Waals surface area contributed by atoms with E-state index in [1.165, 1.54) is 16.7 Å². The Labute approximate surface area is 194 Å². The number of hydrogen-bond acceptors (Lipinski definition) is 4.